The first kappa shape index (κ1) is 15.7. The van der Waals surface area contributed by atoms with Gasteiger partial charge in [0.1, 0.15) is 18.2 Å². The van der Waals surface area contributed by atoms with Crippen LogP contribution in [0.3, 0.4) is 0 Å². The van der Waals surface area contributed by atoms with Gasteiger partial charge in [-0.2, -0.15) is 0 Å². The van der Waals surface area contributed by atoms with Crippen LogP contribution in [0.5, 0.6) is 0 Å². The molecule has 0 aliphatic rings. The summed E-state index contributed by atoms with van der Waals surface area (Å²) in [6.07, 6.45) is 1.40. The van der Waals surface area contributed by atoms with Gasteiger partial charge >= 0.3 is 0 Å². The van der Waals surface area contributed by atoms with Gasteiger partial charge in [0.05, 0.1) is 5.60 Å². The molecule has 1 heterocycles. The van der Waals surface area contributed by atoms with Gasteiger partial charge < -0.3 is 20.5 Å². The second-order valence-corrected chi connectivity index (χ2v) is 4.52. The highest BCUT2D eigenvalue weighted by molar-refractivity contribution is 5.47. The van der Waals surface area contributed by atoms with Crippen molar-refractivity contribution < 1.29 is 9.84 Å². The van der Waals surface area contributed by atoms with Crippen LogP contribution in [0, 0.1) is 0 Å². The lowest BCUT2D eigenvalue weighted by molar-refractivity contribution is 0.0456. The van der Waals surface area contributed by atoms with Crippen LogP contribution < -0.4 is 10.6 Å². The third-order valence-electron chi connectivity index (χ3n) is 3.22. The quantitative estimate of drug-likeness (QED) is 0.665. The van der Waals surface area contributed by atoms with Crippen molar-refractivity contribution in [2.75, 3.05) is 31.3 Å². The van der Waals surface area contributed by atoms with Gasteiger partial charge in [0.2, 0.25) is 0 Å². The van der Waals surface area contributed by atoms with E-state index in [1.165, 1.54) is 0 Å². The first-order valence-electron chi connectivity index (χ1n) is 6.57. The summed E-state index contributed by atoms with van der Waals surface area (Å²) in [5.41, 5.74) is -0.702. The van der Waals surface area contributed by atoms with E-state index in [9.17, 15) is 5.11 Å². The second-order valence-electron chi connectivity index (χ2n) is 4.52. The predicted molar refractivity (Wildman–Crippen MR) is 76.3 cm³/mol. The fraction of sp³-hybridized carbons (Fsp3) is 0.692. The molecule has 1 aromatic heterocycles. The van der Waals surface area contributed by atoms with E-state index in [2.05, 4.69) is 20.6 Å². The Bertz CT molecular complexity index is 394. The maximum Gasteiger partial charge on any atom is 0.158 e. The number of hydrogen-bond acceptors (Lipinski definition) is 6. The number of nitrogens with zero attached hydrogens (tertiary/aromatic N) is 2. The zero-order valence-corrected chi connectivity index (χ0v) is 12.2. The second kappa shape index (κ2) is 7.25. The predicted octanol–water partition coefficient (Wildman–Crippen LogP) is 1.63. The third kappa shape index (κ3) is 4.65. The number of rotatable bonds is 8. The molecule has 19 heavy (non-hydrogen) atoms. The number of ether oxygens (including phenoxy) is 1. The maximum absolute atomic E-state index is 10.2. The molecule has 0 amide bonds. The Balaban J connectivity index is 2.79. The largest absolute Gasteiger partial charge is 0.388 e. The molecule has 0 aliphatic carbocycles. The van der Waals surface area contributed by atoms with Crippen LogP contribution >= 0.6 is 0 Å². The molecule has 0 saturated heterocycles. The summed E-state index contributed by atoms with van der Waals surface area (Å²) < 4.78 is 5.04. The normalized spacial score (nSPS) is 11.4. The van der Waals surface area contributed by atoms with E-state index in [1.54, 1.807) is 14.2 Å². The van der Waals surface area contributed by atoms with Gasteiger partial charge in [-0.1, -0.05) is 13.8 Å². The van der Waals surface area contributed by atoms with Gasteiger partial charge in [-0.15, -0.1) is 0 Å². The number of nitrogens with one attached hydrogen (secondary N) is 2. The summed E-state index contributed by atoms with van der Waals surface area (Å²) in [4.78, 5) is 8.62. The number of aliphatic hydroxyl groups is 1. The molecule has 0 fully saturated rings. The van der Waals surface area contributed by atoms with Crippen LogP contribution in [-0.2, 0) is 11.3 Å². The van der Waals surface area contributed by atoms with Crippen molar-refractivity contribution in [1.29, 1.82) is 0 Å². The fourth-order valence-corrected chi connectivity index (χ4v) is 1.66. The molecule has 0 unspecified atom stereocenters. The van der Waals surface area contributed by atoms with Crippen molar-refractivity contribution in [2.45, 2.75) is 38.9 Å². The maximum atomic E-state index is 10.2. The van der Waals surface area contributed by atoms with Crippen LogP contribution in [0.2, 0.25) is 0 Å². The van der Waals surface area contributed by atoms with Crippen LogP contribution in [0.4, 0.5) is 11.6 Å². The smallest absolute Gasteiger partial charge is 0.158 e. The minimum absolute atomic E-state index is 0.357. The molecule has 0 saturated carbocycles. The van der Waals surface area contributed by atoms with Crippen molar-refractivity contribution in [2.24, 2.45) is 0 Å². The van der Waals surface area contributed by atoms with Crippen LogP contribution in [0.1, 0.15) is 32.5 Å². The lowest BCUT2D eigenvalue weighted by Gasteiger charge is -2.25. The number of hydrogen-bond donors (Lipinski definition) is 3. The van der Waals surface area contributed by atoms with Crippen LogP contribution in [0.25, 0.3) is 0 Å². The summed E-state index contributed by atoms with van der Waals surface area (Å²) >= 11 is 0. The zero-order chi connectivity index (χ0) is 14.3. The van der Waals surface area contributed by atoms with E-state index in [0.717, 1.165) is 5.82 Å². The van der Waals surface area contributed by atoms with Crippen molar-refractivity contribution in [3.8, 4) is 0 Å². The first-order chi connectivity index (χ1) is 9.06. The third-order valence-corrected chi connectivity index (χ3v) is 3.22. The average molecular weight is 268 g/mol. The summed E-state index contributed by atoms with van der Waals surface area (Å²) in [6, 6.07) is 1.81. The Labute approximate surface area is 114 Å². The molecule has 0 bridgehead atoms. The number of aromatic nitrogens is 2. The Morgan fingerprint density at radius 3 is 2.42 bits per heavy atom. The zero-order valence-electron chi connectivity index (χ0n) is 12.2. The topological polar surface area (TPSA) is 79.3 Å². The van der Waals surface area contributed by atoms with E-state index >= 15 is 0 Å². The molecule has 108 valence electrons. The Morgan fingerprint density at radius 2 is 1.89 bits per heavy atom. The molecular formula is C13H24N4O2. The summed E-state index contributed by atoms with van der Waals surface area (Å²) in [6.45, 7) is 4.77. The first-order valence-corrected chi connectivity index (χ1v) is 6.57. The molecule has 0 radical (unpaired) electrons. The molecular weight excluding hydrogens is 244 g/mol. The molecule has 1 aromatic rings. The molecule has 0 spiro atoms. The number of methoxy groups -OCH3 is 1. The molecule has 0 atom stereocenters. The monoisotopic (exact) mass is 268 g/mol. The molecule has 6 nitrogen and oxygen atoms in total. The van der Waals surface area contributed by atoms with Crippen LogP contribution in [-0.4, -0.2) is 41.4 Å². The summed E-state index contributed by atoms with van der Waals surface area (Å²) in [7, 11) is 3.41. The number of anilines is 2. The highest BCUT2D eigenvalue weighted by Gasteiger charge is 2.21. The lowest BCUT2D eigenvalue weighted by Crippen LogP contribution is -2.35. The van der Waals surface area contributed by atoms with Crippen molar-refractivity contribution in [3.05, 3.63) is 11.9 Å². The molecule has 0 aromatic carbocycles. The van der Waals surface area contributed by atoms with Gasteiger partial charge in [-0.05, 0) is 12.8 Å². The highest BCUT2D eigenvalue weighted by Crippen LogP contribution is 2.17. The van der Waals surface area contributed by atoms with E-state index in [1.807, 2.05) is 19.9 Å². The summed E-state index contributed by atoms with van der Waals surface area (Å²) in [5.74, 6) is 2.01. The molecule has 0 aliphatic heterocycles. The van der Waals surface area contributed by atoms with E-state index < -0.39 is 5.60 Å². The van der Waals surface area contributed by atoms with Crippen LogP contribution in [0.15, 0.2) is 6.07 Å². The standard InChI is InChI=1S/C13H24N4O2/c1-5-13(18,6-2)9-15-11-7-10(14-3)16-12(17-11)8-19-4/h7,18H,5-6,8-9H2,1-4H3,(H2,14,15,16,17). The van der Waals surface area contributed by atoms with E-state index in [4.69, 9.17) is 4.74 Å². The Kier molecular flexibility index (Phi) is 5.98. The summed E-state index contributed by atoms with van der Waals surface area (Å²) in [5, 5.41) is 16.4. The van der Waals surface area contributed by atoms with Gasteiger partial charge in [0.15, 0.2) is 5.82 Å². The van der Waals surface area contributed by atoms with Crippen molar-refractivity contribution in [1.82, 2.24) is 9.97 Å². The minimum atomic E-state index is -0.702. The molecule has 3 N–H and O–H groups in total. The van der Waals surface area contributed by atoms with Gasteiger partial charge in [0.25, 0.3) is 0 Å². The lowest BCUT2D eigenvalue weighted by atomic mass is 9.98. The van der Waals surface area contributed by atoms with Crippen molar-refractivity contribution in [3.63, 3.8) is 0 Å². The Hall–Kier alpha value is -1.40. The van der Waals surface area contributed by atoms with Gasteiger partial charge in [-0.3, -0.25) is 0 Å². The fourth-order valence-electron chi connectivity index (χ4n) is 1.66. The Morgan fingerprint density at radius 1 is 1.26 bits per heavy atom. The minimum Gasteiger partial charge on any atom is -0.388 e. The molecule has 6 heteroatoms. The average Bonchev–Trinajstić information content (AvgIpc) is 2.45. The van der Waals surface area contributed by atoms with E-state index in [0.29, 0.717) is 37.6 Å². The SMILES string of the molecule is CCC(O)(CC)CNc1cc(NC)nc(COC)n1. The van der Waals surface area contributed by atoms with Gasteiger partial charge in [-0.25, -0.2) is 9.97 Å². The van der Waals surface area contributed by atoms with Gasteiger partial charge in [0, 0.05) is 26.8 Å². The van der Waals surface area contributed by atoms with Crippen molar-refractivity contribution >= 4 is 11.6 Å². The molecule has 1 rings (SSSR count). The van der Waals surface area contributed by atoms with E-state index in [-0.39, 0.29) is 0 Å². The highest BCUT2D eigenvalue weighted by atomic mass is 16.5.